The van der Waals surface area contributed by atoms with Crippen LogP contribution in [0, 0.1) is 0 Å². The van der Waals surface area contributed by atoms with Gasteiger partial charge in [-0.15, -0.1) is 10.2 Å². The maximum atomic E-state index is 10.6. The number of primary sulfonamides is 1. The third-order valence-corrected chi connectivity index (χ3v) is 2.36. The lowest BCUT2D eigenvalue weighted by Crippen LogP contribution is -2.14. The fourth-order valence-corrected chi connectivity index (χ4v) is 1.67. The summed E-state index contributed by atoms with van der Waals surface area (Å²) in [6.07, 6.45) is 3.15. The van der Waals surface area contributed by atoms with Crippen LogP contribution in [0.1, 0.15) is 5.56 Å². The minimum absolute atomic E-state index is 0.0894. The molecular weight excluding hydrogens is 240 g/mol. The van der Waals surface area contributed by atoms with Gasteiger partial charge in [0.15, 0.2) is 0 Å². The molecule has 0 unspecified atom stereocenters. The van der Waals surface area contributed by atoms with Gasteiger partial charge in [-0.3, -0.25) is 0 Å². The smallest absolute Gasteiger partial charge is 0.213 e. The Morgan fingerprint density at radius 3 is 1.94 bits per heavy atom. The van der Waals surface area contributed by atoms with Gasteiger partial charge in [0.05, 0.1) is 18.1 Å². The average molecular weight is 252 g/mol. The summed E-state index contributed by atoms with van der Waals surface area (Å²) >= 11 is 0. The minimum Gasteiger partial charge on any atom is -0.228 e. The van der Waals surface area contributed by atoms with Crippen molar-refractivity contribution in [3.63, 3.8) is 0 Å². The molecule has 2 aromatic rings. The van der Waals surface area contributed by atoms with Gasteiger partial charge < -0.3 is 0 Å². The van der Waals surface area contributed by atoms with Crippen LogP contribution in [0.2, 0.25) is 0 Å². The highest BCUT2D eigenvalue weighted by molar-refractivity contribution is 7.88. The Kier molecular flexibility index (Phi) is 5.18. The molecule has 0 aliphatic carbocycles. The number of aromatic nitrogens is 3. The number of nitrogens with two attached hydrogens (primary N) is 1. The van der Waals surface area contributed by atoms with Gasteiger partial charge in [-0.05, 0) is 16.8 Å². The molecule has 2 rings (SSSR count). The Hall–Kier alpha value is -1.86. The molecule has 0 spiro atoms. The van der Waals surface area contributed by atoms with E-state index in [0.717, 1.165) is 5.56 Å². The van der Waals surface area contributed by atoms with Crippen molar-refractivity contribution in [3.8, 4) is 0 Å². The lowest BCUT2D eigenvalue weighted by Gasteiger charge is -1.96. The van der Waals surface area contributed by atoms with E-state index < -0.39 is 10.0 Å². The zero-order chi connectivity index (χ0) is 12.6. The first-order valence-electron chi connectivity index (χ1n) is 4.71. The van der Waals surface area contributed by atoms with Crippen molar-refractivity contribution < 1.29 is 8.42 Å². The highest BCUT2D eigenvalue weighted by atomic mass is 32.2. The van der Waals surface area contributed by atoms with Gasteiger partial charge in [-0.2, -0.15) is 0 Å². The van der Waals surface area contributed by atoms with Crippen molar-refractivity contribution in [2.75, 3.05) is 0 Å². The van der Waals surface area contributed by atoms with E-state index in [1.165, 1.54) is 0 Å². The standard InChI is InChI=1S/C7H9NO2S.C3H3N3/c8-11(9,10)6-7-4-2-1-3-5-7;1-2-4-6-5-3-1/h1-5H,6H2,(H2,8,9,10);1-3H. The van der Waals surface area contributed by atoms with Gasteiger partial charge in [0.1, 0.15) is 0 Å². The maximum absolute atomic E-state index is 10.6. The number of sulfonamides is 1. The first-order valence-corrected chi connectivity index (χ1v) is 6.42. The highest BCUT2D eigenvalue weighted by Crippen LogP contribution is 2.01. The molecule has 7 heteroatoms. The normalized spacial score (nSPS) is 10.2. The monoisotopic (exact) mass is 252 g/mol. The van der Waals surface area contributed by atoms with Crippen LogP contribution < -0.4 is 5.14 Å². The predicted molar refractivity (Wildman–Crippen MR) is 63.1 cm³/mol. The Balaban J connectivity index is 0.000000202. The van der Waals surface area contributed by atoms with Crippen LogP contribution in [0.25, 0.3) is 0 Å². The summed E-state index contributed by atoms with van der Waals surface area (Å²) < 4.78 is 21.2. The molecule has 6 nitrogen and oxygen atoms in total. The molecule has 0 atom stereocenters. The first kappa shape index (κ1) is 13.2. The Bertz CT molecular complexity index is 490. The van der Waals surface area contributed by atoms with E-state index in [9.17, 15) is 8.42 Å². The van der Waals surface area contributed by atoms with Crippen LogP contribution in [0.4, 0.5) is 0 Å². The van der Waals surface area contributed by atoms with Crippen molar-refractivity contribution in [2.24, 2.45) is 5.14 Å². The van der Waals surface area contributed by atoms with Crippen molar-refractivity contribution in [1.82, 2.24) is 15.4 Å². The fraction of sp³-hybridized carbons (Fsp3) is 0.100. The van der Waals surface area contributed by atoms with Crippen molar-refractivity contribution in [1.29, 1.82) is 0 Å². The van der Waals surface area contributed by atoms with Gasteiger partial charge in [-0.1, -0.05) is 30.3 Å². The molecule has 1 aromatic carbocycles. The molecule has 0 fully saturated rings. The predicted octanol–water partition coefficient (Wildman–Crippen LogP) is 0.347. The number of rotatable bonds is 2. The van der Waals surface area contributed by atoms with E-state index in [1.54, 1.807) is 42.7 Å². The van der Waals surface area contributed by atoms with Crippen molar-refractivity contribution in [2.45, 2.75) is 5.75 Å². The molecule has 90 valence electrons. The van der Waals surface area contributed by atoms with E-state index in [4.69, 9.17) is 5.14 Å². The highest BCUT2D eigenvalue weighted by Gasteiger charge is 2.02. The van der Waals surface area contributed by atoms with Crippen molar-refractivity contribution in [3.05, 3.63) is 54.4 Å². The third-order valence-electron chi connectivity index (χ3n) is 1.62. The van der Waals surface area contributed by atoms with Gasteiger partial charge in [0.2, 0.25) is 10.0 Å². The molecule has 0 saturated heterocycles. The van der Waals surface area contributed by atoms with Crippen LogP contribution in [-0.4, -0.2) is 23.8 Å². The third kappa shape index (κ3) is 7.09. The summed E-state index contributed by atoms with van der Waals surface area (Å²) in [6.45, 7) is 0. The van der Waals surface area contributed by atoms with E-state index >= 15 is 0 Å². The van der Waals surface area contributed by atoms with E-state index in [0.29, 0.717) is 0 Å². The molecule has 0 radical (unpaired) electrons. The molecule has 0 aliphatic heterocycles. The lowest BCUT2D eigenvalue weighted by atomic mass is 10.2. The molecule has 1 heterocycles. The number of hydrogen-bond acceptors (Lipinski definition) is 5. The summed E-state index contributed by atoms with van der Waals surface area (Å²) in [6, 6.07) is 10.6. The van der Waals surface area contributed by atoms with Crippen LogP contribution in [-0.2, 0) is 15.8 Å². The van der Waals surface area contributed by atoms with E-state index in [1.807, 2.05) is 6.07 Å². The summed E-state index contributed by atoms with van der Waals surface area (Å²) in [5, 5.41) is 15.0. The maximum Gasteiger partial charge on any atom is 0.213 e. The van der Waals surface area contributed by atoms with Crippen LogP contribution in [0.5, 0.6) is 0 Å². The molecule has 0 aliphatic rings. The zero-order valence-corrected chi connectivity index (χ0v) is 9.79. The van der Waals surface area contributed by atoms with Crippen LogP contribution in [0.3, 0.4) is 0 Å². The molecule has 0 bridgehead atoms. The van der Waals surface area contributed by atoms with Gasteiger partial charge in [0.25, 0.3) is 0 Å². The second kappa shape index (κ2) is 6.66. The summed E-state index contributed by atoms with van der Waals surface area (Å²) in [5.41, 5.74) is 0.718. The van der Waals surface area contributed by atoms with Gasteiger partial charge in [0, 0.05) is 0 Å². The molecule has 17 heavy (non-hydrogen) atoms. The first-order chi connectivity index (χ1) is 8.08. The summed E-state index contributed by atoms with van der Waals surface area (Å²) in [4.78, 5) is 0. The number of hydrogen-bond donors (Lipinski definition) is 1. The molecule has 1 aromatic heterocycles. The average Bonchev–Trinajstić information content (AvgIpc) is 2.31. The fourth-order valence-electron chi connectivity index (χ4n) is 1.01. The SMILES string of the molecule is NS(=O)(=O)Cc1ccccc1.c1cnnnc1. The van der Waals surface area contributed by atoms with E-state index in [-0.39, 0.29) is 5.75 Å². The lowest BCUT2D eigenvalue weighted by molar-refractivity contribution is 0.597. The molecule has 2 N–H and O–H groups in total. The van der Waals surface area contributed by atoms with Crippen LogP contribution in [0.15, 0.2) is 48.8 Å². The van der Waals surface area contributed by atoms with Gasteiger partial charge >= 0.3 is 0 Å². The van der Waals surface area contributed by atoms with E-state index in [2.05, 4.69) is 15.4 Å². The molecule has 0 saturated carbocycles. The summed E-state index contributed by atoms with van der Waals surface area (Å²) in [7, 11) is -3.38. The minimum atomic E-state index is -3.38. The summed E-state index contributed by atoms with van der Waals surface area (Å²) in [5.74, 6) is -0.0894. The Labute approximate surface area is 99.6 Å². The zero-order valence-electron chi connectivity index (χ0n) is 8.97. The van der Waals surface area contributed by atoms with Gasteiger partial charge in [-0.25, -0.2) is 13.6 Å². The largest absolute Gasteiger partial charge is 0.228 e. The Morgan fingerprint density at radius 2 is 1.59 bits per heavy atom. The molecule has 0 amide bonds. The Morgan fingerprint density at radius 1 is 1.00 bits per heavy atom. The second-order valence-corrected chi connectivity index (χ2v) is 4.72. The van der Waals surface area contributed by atoms with Crippen molar-refractivity contribution >= 4 is 10.0 Å². The topological polar surface area (TPSA) is 98.8 Å². The number of nitrogens with zero attached hydrogens (tertiary/aromatic N) is 3. The quantitative estimate of drug-likeness (QED) is 0.831. The number of benzene rings is 1. The van der Waals surface area contributed by atoms with Crippen LogP contribution >= 0.6 is 0 Å². The second-order valence-electron chi connectivity index (χ2n) is 3.10. The molecular formula is C10H12N4O2S.